The van der Waals surface area contributed by atoms with Crippen molar-refractivity contribution in [1.29, 1.82) is 0 Å². The lowest BCUT2D eigenvalue weighted by atomic mass is 10.1. The number of hydrogen-bond acceptors (Lipinski definition) is 8. The third-order valence-corrected chi connectivity index (χ3v) is 3.58. The normalized spacial score (nSPS) is 16.0. The molecule has 0 spiro atoms. The second-order valence-corrected chi connectivity index (χ2v) is 6.18. The average molecular weight is 405 g/mol. The number of nitrogens with one attached hydrogen (secondary N) is 3. The number of aliphatic carboxylic acids is 1. The van der Waals surface area contributed by atoms with Gasteiger partial charge in [0.25, 0.3) is 0 Å². The molecule has 0 saturated carbocycles. The maximum absolute atomic E-state index is 12.4. The van der Waals surface area contributed by atoms with Crippen molar-refractivity contribution in [3.05, 3.63) is 0 Å². The molecule has 0 saturated heterocycles. The Hall–Kier alpha value is -2.77. The lowest BCUT2D eigenvalue weighted by Crippen LogP contribution is -2.61. The van der Waals surface area contributed by atoms with Crippen molar-refractivity contribution >= 4 is 29.6 Å². The summed E-state index contributed by atoms with van der Waals surface area (Å²) in [5, 5.41) is 34.3. The van der Waals surface area contributed by atoms with E-state index in [2.05, 4.69) is 10.6 Å². The molecule has 13 nitrogen and oxygen atoms in total. The van der Waals surface area contributed by atoms with Crippen LogP contribution in [0.3, 0.4) is 0 Å². The van der Waals surface area contributed by atoms with Crippen LogP contribution in [0.25, 0.3) is 0 Å². The molecule has 13 heteroatoms. The molecular formula is C15H27N5O8. The van der Waals surface area contributed by atoms with Gasteiger partial charge in [0.1, 0.15) is 18.6 Å². The summed E-state index contributed by atoms with van der Waals surface area (Å²) in [5.41, 5.74) is 10.6. The van der Waals surface area contributed by atoms with Gasteiger partial charge in [0, 0.05) is 6.42 Å². The van der Waals surface area contributed by atoms with E-state index in [-0.39, 0.29) is 12.8 Å². The van der Waals surface area contributed by atoms with E-state index in [1.54, 1.807) is 0 Å². The summed E-state index contributed by atoms with van der Waals surface area (Å²) >= 11 is 0. The molecule has 0 radical (unpaired) electrons. The first kappa shape index (κ1) is 25.2. The van der Waals surface area contributed by atoms with Gasteiger partial charge in [-0.15, -0.1) is 0 Å². The molecule has 0 aliphatic carbocycles. The molecular weight excluding hydrogens is 378 g/mol. The first-order valence-electron chi connectivity index (χ1n) is 8.37. The van der Waals surface area contributed by atoms with E-state index in [1.807, 2.05) is 5.32 Å². The van der Waals surface area contributed by atoms with E-state index >= 15 is 0 Å². The zero-order valence-corrected chi connectivity index (χ0v) is 15.5. The molecule has 160 valence electrons. The van der Waals surface area contributed by atoms with Crippen molar-refractivity contribution in [1.82, 2.24) is 16.0 Å². The van der Waals surface area contributed by atoms with Gasteiger partial charge in [0.05, 0.1) is 18.2 Å². The highest BCUT2D eigenvalue weighted by atomic mass is 16.4. The van der Waals surface area contributed by atoms with Crippen LogP contribution in [0.15, 0.2) is 0 Å². The van der Waals surface area contributed by atoms with Crippen LogP contribution in [-0.2, 0) is 24.0 Å². The number of carboxylic acids is 1. The SMILES string of the molecule is CC(O)C(NC(=O)C(N)CCC(N)=O)C(=O)NC(C(=O)NCC(=O)O)C(C)O. The van der Waals surface area contributed by atoms with Crippen molar-refractivity contribution < 1.29 is 39.3 Å². The van der Waals surface area contributed by atoms with Gasteiger partial charge in [0.2, 0.25) is 23.6 Å². The topological polar surface area (TPSA) is 234 Å². The minimum Gasteiger partial charge on any atom is -0.480 e. The number of carbonyl (C=O) groups is 5. The lowest BCUT2D eigenvalue weighted by molar-refractivity contribution is -0.139. The highest BCUT2D eigenvalue weighted by Crippen LogP contribution is 2.01. The maximum atomic E-state index is 12.4. The molecule has 0 aliphatic rings. The molecule has 0 heterocycles. The van der Waals surface area contributed by atoms with Crippen molar-refractivity contribution in [3.63, 3.8) is 0 Å². The molecule has 0 bridgehead atoms. The van der Waals surface area contributed by atoms with Gasteiger partial charge in [-0.1, -0.05) is 0 Å². The fraction of sp³-hybridized carbons (Fsp3) is 0.667. The monoisotopic (exact) mass is 405 g/mol. The summed E-state index contributed by atoms with van der Waals surface area (Å²) < 4.78 is 0. The first-order chi connectivity index (χ1) is 12.9. The standard InChI is InChI=1S/C15H27N5O8/c1-6(21)11(14(27)18-5-10(24)25)20-15(28)12(7(2)22)19-13(26)8(16)3-4-9(17)23/h6-8,11-12,21-22H,3-5,16H2,1-2H3,(H2,17,23)(H,18,27)(H,19,26)(H,20,28)(H,24,25). The molecule has 0 aromatic carbocycles. The Labute approximate surface area is 160 Å². The Kier molecular flexibility index (Phi) is 10.7. The molecule has 10 N–H and O–H groups in total. The van der Waals surface area contributed by atoms with Gasteiger partial charge in [-0.3, -0.25) is 24.0 Å². The summed E-state index contributed by atoms with van der Waals surface area (Å²) in [4.78, 5) is 57.6. The third-order valence-electron chi connectivity index (χ3n) is 3.58. The number of nitrogens with two attached hydrogens (primary N) is 2. The Balaban J connectivity index is 5.06. The van der Waals surface area contributed by atoms with Crippen molar-refractivity contribution in [2.24, 2.45) is 11.5 Å². The van der Waals surface area contributed by atoms with Crippen LogP contribution in [-0.4, -0.2) is 81.8 Å². The van der Waals surface area contributed by atoms with E-state index in [9.17, 15) is 34.2 Å². The van der Waals surface area contributed by atoms with Gasteiger partial charge in [-0.25, -0.2) is 0 Å². The molecule has 5 atom stereocenters. The highest BCUT2D eigenvalue weighted by molar-refractivity contribution is 5.94. The fourth-order valence-corrected chi connectivity index (χ4v) is 2.02. The number of carboxylic acid groups (broad SMARTS) is 1. The number of aliphatic hydroxyl groups excluding tert-OH is 2. The summed E-state index contributed by atoms with van der Waals surface area (Å²) in [6.45, 7) is 1.64. The summed E-state index contributed by atoms with van der Waals surface area (Å²) in [7, 11) is 0. The largest absolute Gasteiger partial charge is 0.480 e. The average Bonchev–Trinajstić information content (AvgIpc) is 2.58. The van der Waals surface area contributed by atoms with Crippen LogP contribution >= 0.6 is 0 Å². The second-order valence-electron chi connectivity index (χ2n) is 6.18. The highest BCUT2D eigenvalue weighted by Gasteiger charge is 2.32. The molecule has 0 aliphatic heterocycles. The molecule has 4 amide bonds. The Morgan fingerprint density at radius 3 is 1.79 bits per heavy atom. The predicted molar refractivity (Wildman–Crippen MR) is 94.3 cm³/mol. The number of hydrogen-bond donors (Lipinski definition) is 8. The predicted octanol–water partition coefficient (Wildman–Crippen LogP) is -4.49. The molecule has 5 unspecified atom stereocenters. The Morgan fingerprint density at radius 1 is 0.893 bits per heavy atom. The van der Waals surface area contributed by atoms with E-state index in [0.717, 1.165) is 0 Å². The molecule has 0 aromatic rings. The first-order valence-corrected chi connectivity index (χ1v) is 8.37. The Bertz CT molecular complexity index is 595. The number of rotatable bonds is 12. The quantitative estimate of drug-likeness (QED) is 0.156. The molecule has 28 heavy (non-hydrogen) atoms. The van der Waals surface area contributed by atoms with Gasteiger partial charge < -0.3 is 42.7 Å². The van der Waals surface area contributed by atoms with Crippen LogP contribution in [0, 0.1) is 0 Å². The van der Waals surface area contributed by atoms with Crippen molar-refractivity contribution in [2.75, 3.05) is 6.54 Å². The minimum absolute atomic E-state index is 0.0802. The Morgan fingerprint density at radius 2 is 1.36 bits per heavy atom. The summed E-state index contributed by atoms with van der Waals surface area (Å²) in [6.07, 6.45) is -3.04. The van der Waals surface area contributed by atoms with Crippen LogP contribution in [0.4, 0.5) is 0 Å². The number of amides is 4. The van der Waals surface area contributed by atoms with Gasteiger partial charge in [-0.2, -0.15) is 0 Å². The molecule has 0 aromatic heterocycles. The van der Waals surface area contributed by atoms with Gasteiger partial charge in [0.15, 0.2) is 0 Å². The lowest BCUT2D eigenvalue weighted by Gasteiger charge is -2.26. The van der Waals surface area contributed by atoms with Crippen LogP contribution in [0.5, 0.6) is 0 Å². The van der Waals surface area contributed by atoms with E-state index in [1.165, 1.54) is 13.8 Å². The molecule has 0 rings (SSSR count). The van der Waals surface area contributed by atoms with E-state index in [0.29, 0.717) is 0 Å². The van der Waals surface area contributed by atoms with Crippen LogP contribution < -0.4 is 27.4 Å². The molecule has 0 fully saturated rings. The zero-order chi connectivity index (χ0) is 22.0. The van der Waals surface area contributed by atoms with Gasteiger partial charge in [-0.05, 0) is 20.3 Å². The fourth-order valence-electron chi connectivity index (χ4n) is 2.02. The van der Waals surface area contributed by atoms with Crippen LogP contribution in [0.2, 0.25) is 0 Å². The third kappa shape index (κ3) is 9.25. The minimum atomic E-state index is -1.53. The smallest absolute Gasteiger partial charge is 0.322 e. The van der Waals surface area contributed by atoms with E-state index in [4.69, 9.17) is 16.6 Å². The van der Waals surface area contributed by atoms with Crippen molar-refractivity contribution in [3.8, 4) is 0 Å². The summed E-state index contributed by atoms with van der Waals surface area (Å²) in [5.74, 6) is -4.82. The maximum Gasteiger partial charge on any atom is 0.322 e. The van der Waals surface area contributed by atoms with E-state index < -0.39 is 66.5 Å². The van der Waals surface area contributed by atoms with Gasteiger partial charge >= 0.3 is 5.97 Å². The van der Waals surface area contributed by atoms with Crippen molar-refractivity contribution in [2.45, 2.75) is 57.0 Å². The summed E-state index contributed by atoms with van der Waals surface area (Å²) in [6, 6.07) is -4.23. The zero-order valence-electron chi connectivity index (χ0n) is 15.5. The number of primary amides is 1. The second kappa shape index (κ2) is 11.8. The van der Waals surface area contributed by atoms with Crippen LogP contribution in [0.1, 0.15) is 26.7 Å². The number of carbonyl (C=O) groups excluding carboxylic acids is 4. The number of aliphatic hydroxyl groups is 2.